The number of benzene rings is 1. The molecule has 1 aromatic heterocycles. The number of aryl methyl sites for hydroxylation is 1. The zero-order valence-electron chi connectivity index (χ0n) is 19.5. The smallest absolute Gasteiger partial charge is 0.355 e. The number of aromatic amines is 1. The lowest BCUT2D eigenvalue weighted by Crippen LogP contribution is -2.43. The minimum absolute atomic E-state index is 0.0317. The van der Waals surface area contributed by atoms with Gasteiger partial charge in [-0.15, -0.1) is 0 Å². The Kier molecular flexibility index (Phi) is 8.20. The highest BCUT2D eigenvalue weighted by atomic mass is 16.5. The first-order chi connectivity index (χ1) is 15.4. The van der Waals surface area contributed by atoms with Gasteiger partial charge in [-0.3, -0.25) is 4.79 Å². The molecule has 1 aliphatic carbocycles. The molecule has 2 aromatic rings. The lowest BCUT2D eigenvalue weighted by molar-refractivity contribution is -0.137. The Hall–Kier alpha value is -2.96. The molecule has 0 radical (unpaired) electrons. The summed E-state index contributed by atoms with van der Waals surface area (Å²) in [5.41, 5.74) is 3.15. The number of hydrogen-bond donors (Lipinski definition) is 1. The van der Waals surface area contributed by atoms with Crippen LogP contribution in [0.1, 0.15) is 66.3 Å². The molecular formula is C25H34N2O5. The van der Waals surface area contributed by atoms with Crippen LogP contribution in [0.2, 0.25) is 0 Å². The van der Waals surface area contributed by atoms with Crippen LogP contribution in [0.4, 0.5) is 0 Å². The van der Waals surface area contributed by atoms with Crippen LogP contribution in [0.25, 0.3) is 0 Å². The molecule has 1 fully saturated rings. The quantitative estimate of drug-likeness (QED) is 0.576. The van der Waals surface area contributed by atoms with Crippen LogP contribution < -0.4 is 9.47 Å². The van der Waals surface area contributed by atoms with E-state index in [0.29, 0.717) is 24.6 Å². The van der Waals surface area contributed by atoms with E-state index in [1.807, 2.05) is 30.9 Å². The van der Waals surface area contributed by atoms with Crippen LogP contribution in [0.3, 0.4) is 0 Å². The predicted octanol–water partition coefficient (Wildman–Crippen LogP) is 4.56. The average molecular weight is 443 g/mol. The van der Waals surface area contributed by atoms with E-state index < -0.39 is 0 Å². The number of aromatic nitrogens is 1. The van der Waals surface area contributed by atoms with Crippen molar-refractivity contribution in [2.24, 2.45) is 0 Å². The van der Waals surface area contributed by atoms with E-state index >= 15 is 0 Å². The normalized spacial score (nSPS) is 14.1. The third-order valence-corrected chi connectivity index (χ3v) is 6.16. The Labute approximate surface area is 190 Å². The van der Waals surface area contributed by atoms with Crippen LogP contribution in [-0.2, 0) is 16.1 Å². The topological polar surface area (TPSA) is 80.9 Å². The van der Waals surface area contributed by atoms with Crippen LogP contribution in [0.15, 0.2) is 24.3 Å². The number of esters is 1. The van der Waals surface area contributed by atoms with Gasteiger partial charge in [-0.05, 0) is 69.0 Å². The van der Waals surface area contributed by atoms with Gasteiger partial charge >= 0.3 is 5.97 Å². The van der Waals surface area contributed by atoms with E-state index in [0.717, 1.165) is 48.3 Å². The van der Waals surface area contributed by atoms with Crippen molar-refractivity contribution in [1.29, 1.82) is 0 Å². The van der Waals surface area contributed by atoms with E-state index in [1.165, 1.54) is 6.42 Å². The molecule has 0 spiro atoms. The molecule has 7 heteroatoms. The summed E-state index contributed by atoms with van der Waals surface area (Å²) in [5, 5.41) is 0. The maximum Gasteiger partial charge on any atom is 0.355 e. The number of ether oxygens (including phenoxy) is 3. The van der Waals surface area contributed by atoms with Crippen LogP contribution in [0.5, 0.6) is 11.5 Å². The Morgan fingerprint density at radius 3 is 2.34 bits per heavy atom. The van der Waals surface area contributed by atoms with Crippen LogP contribution in [-0.4, -0.2) is 48.1 Å². The number of amides is 1. The fourth-order valence-electron chi connectivity index (χ4n) is 4.32. The Morgan fingerprint density at radius 2 is 1.72 bits per heavy atom. The lowest BCUT2D eigenvalue weighted by atomic mass is 9.93. The maximum absolute atomic E-state index is 13.3. The number of nitrogens with one attached hydrogen (secondary N) is 1. The van der Waals surface area contributed by atoms with Gasteiger partial charge in [-0.25, -0.2) is 4.79 Å². The SMILES string of the molecule is CCOC(=O)c1[nH]c(C)c(CN(C(=O)COc2ccc(OC)cc2)C2CCCCC2)c1C. The monoisotopic (exact) mass is 442 g/mol. The van der Waals surface area contributed by atoms with Crippen molar-refractivity contribution >= 4 is 11.9 Å². The number of carbonyl (C=O) groups excluding carboxylic acids is 2. The Bertz CT molecular complexity index is 913. The summed E-state index contributed by atoms with van der Waals surface area (Å²) in [6, 6.07) is 7.38. The number of H-pyrrole nitrogens is 1. The lowest BCUT2D eigenvalue weighted by Gasteiger charge is -2.34. The van der Waals surface area contributed by atoms with E-state index in [2.05, 4.69) is 4.98 Å². The van der Waals surface area contributed by atoms with Crippen molar-refractivity contribution in [1.82, 2.24) is 9.88 Å². The fraction of sp³-hybridized carbons (Fsp3) is 0.520. The van der Waals surface area contributed by atoms with Gasteiger partial charge in [0.1, 0.15) is 17.2 Å². The summed E-state index contributed by atoms with van der Waals surface area (Å²) in [6.07, 6.45) is 5.42. The second-order valence-electron chi connectivity index (χ2n) is 8.23. The zero-order chi connectivity index (χ0) is 23.1. The fourth-order valence-corrected chi connectivity index (χ4v) is 4.32. The van der Waals surface area contributed by atoms with E-state index in [9.17, 15) is 9.59 Å². The molecular weight excluding hydrogens is 408 g/mol. The highest BCUT2D eigenvalue weighted by Crippen LogP contribution is 2.27. The first-order valence-corrected chi connectivity index (χ1v) is 11.4. The largest absolute Gasteiger partial charge is 0.497 e. The standard InChI is InChI=1S/C25H34N2O5/c1-5-31-25(29)24-17(2)22(18(3)26-24)15-27(19-9-7-6-8-10-19)23(28)16-32-21-13-11-20(30-4)12-14-21/h11-14,19,26H,5-10,15-16H2,1-4H3. The molecule has 0 bridgehead atoms. The van der Waals surface area contributed by atoms with Crippen LogP contribution in [0, 0.1) is 13.8 Å². The van der Waals surface area contributed by atoms with Crippen molar-refractivity contribution in [3.8, 4) is 11.5 Å². The van der Waals surface area contributed by atoms with Gasteiger partial charge in [0.05, 0.1) is 13.7 Å². The average Bonchev–Trinajstić information content (AvgIpc) is 3.10. The molecule has 7 nitrogen and oxygen atoms in total. The highest BCUT2D eigenvalue weighted by Gasteiger charge is 2.28. The van der Waals surface area contributed by atoms with Gasteiger partial charge in [0.25, 0.3) is 5.91 Å². The third kappa shape index (κ3) is 5.64. The first kappa shape index (κ1) is 23.7. The number of methoxy groups -OCH3 is 1. The Morgan fingerprint density at radius 1 is 1.06 bits per heavy atom. The molecule has 32 heavy (non-hydrogen) atoms. The molecule has 174 valence electrons. The predicted molar refractivity (Wildman–Crippen MR) is 122 cm³/mol. The molecule has 1 saturated carbocycles. The van der Waals surface area contributed by atoms with E-state index in [4.69, 9.17) is 14.2 Å². The number of rotatable bonds is 9. The van der Waals surface area contributed by atoms with Crippen molar-refractivity contribution < 1.29 is 23.8 Å². The second kappa shape index (κ2) is 11.1. The molecule has 1 aromatic carbocycles. The van der Waals surface area contributed by atoms with Crippen LogP contribution >= 0.6 is 0 Å². The van der Waals surface area contributed by atoms with Gasteiger partial charge in [0.15, 0.2) is 6.61 Å². The molecule has 3 rings (SSSR count). The minimum Gasteiger partial charge on any atom is -0.497 e. The minimum atomic E-state index is -0.363. The highest BCUT2D eigenvalue weighted by molar-refractivity contribution is 5.90. The van der Waals surface area contributed by atoms with Crippen molar-refractivity contribution in [2.45, 2.75) is 65.5 Å². The summed E-state index contributed by atoms with van der Waals surface area (Å²) in [5.74, 6) is 0.952. The van der Waals surface area contributed by atoms with E-state index in [-0.39, 0.29) is 24.5 Å². The summed E-state index contributed by atoms with van der Waals surface area (Å²) in [6.45, 7) is 6.36. The van der Waals surface area contributed by atoms with Crippen molar-refractivity contribution in [3.05, 3.63) is 46.8 Å². The third-order valence-electron chi connectivity index (χ3n) is 6.16. The molecule has 1 amide bonds. The zero-order valence-corrected chi connectivity index (χ0v) is 19.5. The number of hydrogen-bond acceptors (Lipinski definition) is 5. The second-order valence-corrected chi connectivity index (χ2v) is 8.23. The molecule has 0 unspecified atom stereocenters. The van der Waals surface area contributed by atoms with Crippen molar-refractivity contribution in [3.63, 3.8) is 0 Å². The van der Waals surface area contributed by atoms with Gasteiger partial charge < -0.3 is 24.1 Å². The molecule has 1 N–H and O–H groups in total. The molecule has 0 saturated heterocycles. The van der Waals surface area contributed by atoms with Gasteiger partial charge in [0.2, 0.25) is 0 Å². The van der Waals surface area contributed by atoms with Gasteiger partial charge in [-0.2, -0.15) is 0 Å². The van der Waals surface area contributed by atoms with Crippen molar-refractivity contribution in [2.75, 3.05) is 20.3 Å². The Balaban J connectivity index is 1.77. The number of carbonyl (C=O) groups is 2. The number of nitrogens with zero attached hydrogens (tertiary/aromatic N) is 1. The summed E-state index contributed by atoms with van der Waals surface area (Å²) in [7, 11) is 1.61. The van der Waals surface area contributed by atoms with Gasteiger partial charge in [0, 0.05) is 18.3 Å². The van der Waals surface area contributed by atoms with E-state index in [1.54, 1.807) is 26.2 Å². The summed E-state index contributed by atoms with van der Waals surface area (Å²) >= 11 is 0. The molecule has 1 aliphatic rings. The maximum atomic E-state index is 13.3. The molecule has 0 atom stereocenters. The van der Waals surface area contributed by atoms with Gasteiger partial charge in [-0.1, -0.05) is 19.3 Å². The molecule has 1 heterocycles. The molecule has 0 aliphatic heterocycles. The summed E-state index contributed by atoms with van der Waals surface area (Å²) in [4.78, 5) is 30.7. The first-order valence-electron chi connectivity index (χ1n) is 11.4. The summed E-state index contributed by atoms with van der Waals surface area (Å²) < 4.78 is 16.1.